The third-order valence-corrected chi connectivity index (χ3v) is 3.15. The van der Waals surface area contributed by atoms with E-state index < -0.39 is 0 Å². The largest absolute Gasteiger partial charge is 0.294 e. The number of rotatable bonds is 4. The van der Waals surface area contributed by atoms with Gasteiger partial charge in [-0.3, -0.25) is 4.90 Å². The fourth-order valence-electron chi connectivity index (χ4n) is 2.52. The Kier molecular flexibility index (Phi) is 3.39. The quantitative estimate of drug-likeness (QED) is 0.477. The molecule has 3 atom stereocenters. The van der Waals surface area contributed by atoms with Crippen LogP contribution < -0.4 is 0 Å². The van der Waals surface area contributed by atoms with Crippen LogP contribution in [0.3, 0.4) is 0 Å². The molecule has 0 aliphatic carbocycles. The van der Waals surface area contributed by atoms with E-state index in [-0.39, 0.29) is 0 Å². The second-order valence-corrected chi connectivity index (χ2v) is 5.50. The van der Waals surface area contributed by atoms with Crippen LogP contribution in [0.1, 0.15) is 53.9 Å². The molecule has 0 saturated carbocycles. The molecule has 0 aromatic carbocycles. The van der Waals surface area contributed by atoms with Crippen molar-refractivity contribution in [1.29, 1.82) is 0 Å². The summed E-state index contributed by atoms with van der Waals surface area (Å²) in [6, 6.07) is 1.67. The summed E-state index contributed by atoms with van der Waals surface area (Å²) in [6.45, 7) is 13.0. The highest BCUT2D eigenvalue weighted by Gasteiger charge is 2.49. The number of hydrogen-bond acceptors (Lipinski definition) is 1. The van der Waals surface area contributed by atoms with Crippen LogP contribution in [-0.4, -0.2) is 23.5 Å². The lowest BCUT2D eigenvalue weighted by Gasteiger charge is -2.18. The minimum Gasteiger partial charge on any atom is -0.294 e. The molecule has 1 aliphatic heterocycles. The molecule has 0 bridgehead atoms. The van der Waals surface area contributed by atoms with Crippen LogP contribution in [0.4, 0.5) is 0 Å². The minimum absolute atomic E-state index is 0.478. The zero-order chi connectivity index (χ0) is 10.1. The SMILES string of the molecule is CCCCCN1C(C)C1C(C)(C)C. The highest BCUT2D eigenvalue weighted by molar-refractivity contribution is 5.05. The Hall–Kier alpha value is -0.0400. The average molecular weight is 183 g/mol. The first-order chi connectivity index (χ1) is 5.98. The Morgan fingerprint density at radius 1 is 1.15 bits per heavy atom. The maximum absolute atomic E-state index is 2.65. The molecule has 0 radical (unpaired) electrons. The second-order valence-electron chi connectivity index (χ2n) is 5.50. The van der Waals surface area contributed by atoms with Crippen molar-refractivity contribution in [1.82, 2.24) is 4.90 Å². The number of hydrogen-bond donors (Lipinski definition) is 0. The predicted molar refractivity (Wildman–Crippen MR) is 58.9 cm³/mol. The molecule has 0 N–H and O–H groups in total. The van der Waals surface area contributed by atoms with Gasteiger partial charge in [0, 0.05) is 12.1 Å². The van der Waals surface area contributed by atoms with Crippen LogP contribution in [0.5, 0.6) is 0 Å². The van der Waals surface area contributed by atoms with E-state index in [1.54, 1.807) is 0 Å². The summed E-state index contributed by atoms with van der Waals surface area (Å²) in [4.78, 5) is 2.65. The number of unbranched alkanes of at least 4 members (excludes halogenated alkanes) is 2. The van der Waals surface area contributed by atoms with Crippen LogP contribution in [0.25, 0.3) is 0 Å². The van der Waals surface area contributed by atoms with Crippen molar-refractivity contribution < 1.29 is 0 Å². The third kappa shape index (κ3) is 2.70. The summed E-state index contributed by atoms with van der Waals surface area (Å²) in [6.07, 6.45) is 4.11. The molecule has 0 aromatic rings. The van der Waals surface area contributed by atoms with Crippen LogP contribution in [-0.2, 0) is 0 Å². The molecular weight excluding hydrogens is 158 g/mol. The van der Waals surface area contributed by atoms with Gasteiger partial charge in [-0.05, 0) is 25.3 Å². The first kappa shape index (κ1) is 11.0. The van der Waals surface area contributed by atoms with Gasteiger partial charge in [-0.15, -0.1) is 0 Å². The van der Waals surface area contributed by atoms with Gasteiger partial charge in [0.05, 0.1) is 0 Å². The van der Waals surface area contributed by atoms with E-state index in [1.807, 2.05) is 0 Å². The molecule has 0 aromatic heterocycles. The fraction of sp³-hybridized carbons (Fsp3) is 1.00. The van der Waals surface area contributed by atoms with E-state index in [9.17, 15) is 0 Å². The lowest BCUT2D eigenvalue weighted by Crippen LogP contribution is -2.19. The predicted octanol–water partition coefficient (Wildman–Crippen LogP) is 3.30. The Labute approximate surface area is 83.5 Å². The van der Waals surface area contributed by atoms with Crippen molar-refractivity contribution in [3.8, 4) is 0 Å². The van der Waals surface area contributed by atoms with Crippen LogP contribution in [0, 0.1) is 5.41 Å². The smallest absolute Gasteiger partial charge is 0.0300 e. The van der Waals surface area contributed by atoms with Gasteiger partial charge in [-0.25, -0.2) is 0 Å². The molecule has 78 valence electrons. The van der Waals surface area contributed by atoms with E-state index in [0.29, 0.717) is 5.41 Å². The van der Waals surface area contributed by atoms with Gasteiger partial charge in [0.25, 0.3) is 0 Å². The normalized spacial score (nSPS) is 33.5. The van der Waals surface area contributed by atoms with E-state index in [0.717, 1.165) is 12.1 Å². The molecule has 1 rings (SSSR count). The van der Waals surface area contributed by atoms with Crippen molar-refractivity contribution in [2.24, 2.45) is 5.41 Å². The Balaban J connectivity index is 2.24. The molecular formula is C12H25N. The molecule has 0 spiro atoms. The highest BCUT2D eigenvalue weighted by atomic mass is 15.4. The van der Waals surface area contributed by atoms with Gasteiger partial charge in [-0.1, -0.05) is 40.5 Å². The van der Waals surface area contributed by atoms with Crippen molar-refractivity contribution in [2.45, 2.75) is 66.0 Å². The Morgan fingerprint density at radius 2 is 1.77 bits per heavy atom. The van der Waals surface area contributed by atoms with E-state index in [2.05, 4.69) is 39.5 Å². The molecule has 13 heavy (non-hydrogen) atoms. The van der Waals surface area contributed by atoms with Crippen molar-refractivity contribution in [2.75, 3.05) is 6.54 Å². The minimum atomic E-state index is 0.478. The molecule has 1 heterocycles. The lowest BCUT2D eigenvalue weighted by atomic mass is 9.90. The van der Waals surface area contributed by atoms with Crippen molar-refractivity contribution in [3.63, 3.8) is 0 Å². The molecule has 1 fully saturated rings. The van der Waals surface area contributed by atoms with Gasteiger partial charge in [0.15, 0.2) is 0 Å². The lowest BCUT2D eigenvalue weighted by molar-refractivity contribution is 0.324. The summed E-state index contributed by atoms with van der Waals surface area (Å²) in [5.74, 6) is 0. The van der Waals surface area contributed by atoms with Gasteiger partial charge >= 0.3 is 0 Å². The summed E-state index contributed by atoms with van der Waals surface area (Å²) in [5.41, 5.74) is 0.478. The molecule has 3 unspecified atom stereocenters. The highest BCUT2D eigenvalue weighted by Crippen LogP contribution is 2.41. The van der Waals surface area contributed by atoms with Gasteiger partial charge in [0.2, 0.25) is 0 Å². The standard InChI is InChI=1S/C12H25N/c1-6-7-8-9-13-10(2)11(13)12(3,4)5/h10-11H,6-9H2,1-5H3. The molecule has 1 aliphatic rings. The van der Waals surface area contributed by atoms with Crippen LogP contribution in [0.15, 0.2) is 0 Å². The van der Waals surface area contributed by atoms with Gasteiger partial charge in [-0.2, -0.15) is 0 Å². The van der Waals surface area contributed by atoms with Gasteiger partial charge in [0.1, 0.15) is 0 Å². The van der Waals surface area contributed by atoms with Crippen molar-refractivity contribution in [3.05, 3.63) is 0 Å². The third-order valence-electron chi connectivity index (χ3n) is 3.15. The zero-order valence-electron chi connectivity index (χ0n) is 9.93. The molecule has 1 nitrogen and oxygen atoms in total. The topological polar surface area (TPSA) is 3.01 Å². The molecule has 1 saturated heterocycles. The monoisotopic (exact) mass is 183 g/mol. The summed E-state index contributed by atoms with van der Waals surface area (Å²) in [5, 5.41) is 0. The maximum atomic E-state index is 2.65. The number of nitrogens with zero attached hydrogens (tertiary/aromatic N) is 1. The molecule has 0 amide bonds. The first-order valence-corrected chi connectivity index (χ1v) is 5.74. The second kappa shape index (κ2) is 4.00. The van der Waals surface area contributed by atoms with E-state index in [4.69, 9.17) is 0 Å². The average Bonchev–Trinajstić information content (AvgIpc) is 2.61. The Bertz CT molecular complexity index is 157. The summed E-state index contributed by atoms with van der Waals surface area (Å²) >= 11 is 0. The Morgan fingerprint density at radius 3 is 2.15 bits per heavy atom. The van der Waals surface area contributed by atoms with E-state index in [1.165, 1.54) is 25.8 Å². The summed E-state index contributed by atoms with van der Waals surface area (Å²) in [7, 11) is 0. The zero-order valence-corrected chi connectivity index (χ0v) is 9.93. The van der Waals surface area contributed by atoms with Crippen molar-refractivity contribution >= 4 is 0 Å². The molecule has 1 heteroatoms. The maximum Gasteiger partial charge on any atom is 0.0300 e. The first-order valence-electron chi connectivity index (χ1n) is 5.74. The summed E-state index contributed by atoms with van der Waals surface area (Å²) < 4.78 is 0. The van der Waals surface area contributed by atoms with Gasteiger partial charge < -0.3 is 0 Å². The fourth-order valence-corrected chi connectivity index (χ4v) is 2.52. The van der Waals surface area contributed by atoms with Crippen LogP contribution in [0.2, 0.25) is 0 Å². The van der Waals surface area contributed by atoms with E-state index >= 15 is 0 Å². The van der Waals surface area contributed by atoms with Crippen LogP contribution >= 0.6 is 0 Å².